The molecule has 1 amide bonds. The van der Waals surface area contributed by atoms with Gasteiger partial charge in [0.05, 0.1) is 0 Å². The van der Waals surface area contributed by atoms with E-state index in [1.165, 1.54) is 0 Å². The molecule has 0 unspecified atom stereocenters. The fourth-order valence-corrected chi connectivity index (χ4v) is 2.01. The first kappa shape index (κ1) is 16.2. The maximum Gasteiger partial charge on any atom is 0.223 e. The number of nitrogens with two attached hydrogens (primary N) is 1. The molecule has 2 N–H and O–H groups in total. The second-order valence-corrected chi connectivity index (χ2v) is 5.30. The lowest BCUT2D eigenvalue weighted by Gasteiger charge is -2.24. The van der Waals surface area contributed by atoms with Crippen molar-refractivity contribution in [1.82, 2.24) is 4.90 Å². The molecule has 0 aliphatic rings. The summed E-state index contributed by atoms with van der Waals surface area (Å²) < 4.78 is 0. The Kier molecular flexibility index (Phi) is 7.88. The minimum absolute atomic E-state index is 0.201. The van der Waals surface area contributed by atoms with E-state index in [4.69, 9.17) is 5.73 Å². The van der Waals surface area contributed by atoms with Crippen LogP contribution in [0.2, 0.25) is 0 Å². The summed E-state index contributed by atoms with van der Waals surface area (Å²) >= 11 is 0. The maximum atomic E-state index is 12.1. The highest BCUT2D eigenvalue weighted by Gasteiger charge is 2.18. The highest BCUT2D eigenvalue weighted by molar-refractivity contribution is 5.76. The summed E-state index contributed by atoms with van der Waals surface area (Å²) in [5.74, 6) is 1.10. The van der Waals surface area contributed by atoms with Crippen LogP contribution in [0.3, 0.4) is 0 Å². The van der Waals surface area contributed by atoms with Gasteiger partial charge in [0.15, 0.2) is 0 Å². The highest BCUT2D eigenvalue weighted by Crippen LogP contribution is 2.15. The zero-order valence-corrected chi connectivity index (χ0v) is 11.8. The van der Waals surface area contributed by atoms with Crippen LogP contribution >= 0.6 is 0 Å². The highest BCUT2D eigenvalue weighted by atomic mass is 16.2. The smallest absolute Gasteiger partial charge is 0.223 e. The fraction of sp³-hybridized carbons (Fsp3) is 0.786. The Balaban J connectivity index is 4.31. The molecule has 17 heavy (non-hydrogen) atoms. The topological polar surface area (TPSA) is 46.3 Å². The molecule has 1 atom stereocenters. The van der Waals surface area contributed by atoms with Gasteiger partial charge >= 0.3 is 0 Å². The molecule has 0 fully saturated rings. The average molecular weight is 240 g/mol. The molecule has 0 spiro atoms. The van der Waals surface area contributed by atoms with Gasteiger partial charge in [-0.2, -0.15) is 0 Å². The van der Waals surface area contributed by atoms with Crippen LogP contribution in [0, 0.1) is 11.8 Å². The molecule has 0 radical (unpaired) electrons. The number of likely N-dealkylation sites (N-methyl/N-ethyl adjacent to an activating group) is 1. The van der Waals surface area contributed by atoms with E-state index in [1.807, 2.05) is 18.7 Å². The Morgan fingerprint density at radius 1 is 1.41 bits per heavy atom. The van der Waals surface area contributed by atoms with Crippen molar-refractivity contribution in [2.24, 2.45) is 17.6 Å². The lowest BCUT2D eigenvalue weighted by molar-refractivity contribution is -0.131. The zero-order chi connectivity index (χ0) is 13.4. The number of carbonyl (C=O) groups excluding carboxylic acids is 1. The molecule has 0 aromatic heterocycles. The standard InChI is InChI=1S/C14H28N2O/c1-6-16(10-12(4)5)14(17)8-13(9-15)7-11(2)3/h11,13H,4,6-10,15H2,1-3,5H3/t13-/m0/s1. The predicted octanol–water partition coefficient (Wildman–Crippen LogP) is 2.42. The summed E-state index contributed by atoms with van der Waals surface area (Å²) in [6.07, 6.45) is 1.59. The minimum Gasteiger partial charge on any atom is -0.339 e. The van der Waals surface area contributed by atoms with Gasteiger partial charge in [0.25, 0.3) is 0 Å². The molecule has 0 heterocycles. The number of hydrogen-bond acceptors (Lipinski definition) is 2. The molecule has 100 valence electrons. The van der Waals surface area contributed by atoms with E-state index in [-0.39, 0.29) is 5.91 Å². The summed E-state index contributed by atoms with van der Waals surface area (Å²) in [4.78, 5) is 13.9. The van der Waals surface area contributed by atoms with E-state index >= 15 is 0 Å². The maximum absolute atomic E-state index is 12.1. The molecule has 0 aliphatic carbocycles. The largest absolute Gasteiger partial charge is 0.339 e. The number of rotatable bonds is 8. The van der Waals surface area contributed by atoms with Crippen molar-refractivity contribution < 1.29 is 4.79 Å². The van der Waals surface area contributed by atoms with Gasteiger partial charge < -0.3 is 10.6 Å². The first-order valence-electron chi connectivity index (χ1n) is 6.52. The van der Waals surface area contributed by atoms with Crippen LogP contribution in [0.25, 0.3) is 0 Å². The zero-order valence-electron chi connectivity index (χ0n) is 11.8. The van der Waals surface area contributed by atoms with Gasteiger partial charge in [0.2, 0.25) is 5.91 Å². The van der Waals surface area contributed by atoms with Crippen LogP contribution < -0.4 is 5.73 Å². The van der Waals surface area contributed by atoms with Gasteiger partial charge in [-0.1, -0.05) is 26.0 Å². The van der Waals surface area contributed by atoms with Gasteiger partial charge in [-0.25, -0.2) is 0 Å². The van der Waals surface area contributed by atoms with E-state index < -0.39 is 0 Å². The van der Waals surface area contributed by atoms with Crippen molar-refractivity contribution in [3.8, 4) is 0 Å². The number of carbonyl (C=O) groups is 1. The first-order valence-corrected chi connectivity index (χ1v) is 6.52. The first-order chi connectivity index (χ1) is 7.90. The second-order valence-electron chi connectivity index (χ2n) is 5.30. The van der Waals surface area contributed by atoms with Crippen LogP contribution in [0.15, 0.2) is 12.2 Å². The SMILES string of the molecule is C=C(C)CN(CC)C(=O)C[C@@H](CN)CC(C)C. The molecule has 0 aliphatic heterocycles. The number of nitrogens with zero attached hydrogens (tertiary/aromatic N) is 1. The molecule has 0 rings (SSSR count). The second kappa shape index (κ2) is 8.29. The Bertz CT molecular complexity index is 249. The summed E-state index contributed by atoms with van der Waals surface area (Å²) in [6.45, 7) is 14.1. The number of amides is 1. The predicted molar refractivity (Wildman–Crippen MR) is 73.7 cm³/mol. The Morgan fingerprint density at radius 3 is 2.35 bits per heavy atom. The van der Waals surface area contributed by atoms with Gasteiger partial charge in [0.1, 0.15) is 0 Å². The number of hydrogen-bond donors (Lipinski definition) is 1. The molecule has 3 heteroatoms. The average Bonchev–Trinajstić information content (AvgIpc) is 2.23. The summed E-state index contributed by atoms with van der Waals surface area (Å²) in [6, 6.07) is 0. The molecule has 3 nitrogen and oxygen atoms in total. The monoisotopic (exact) mass is 240 g/mol. The molecule has 0 aromatic rings. The fourth-order valence-electron chi connectivity index (χ4n) is 2.01. The molecular weight excluding hydrogens is 212 g/mol. The van der Waals surface area contributed by atoms with Crippen molar-refractivity contribution in [3.63, 3.8) is 0 Å². The summed E-state index contributed by atoms with van der Waals surface area (Å²) in [5, 5.41) is 0. The normalized spacial score (nSPS) is 12.6. The third-order valence-corrected chi connectivity index (χ3v) is 2.80. The van der Waals surface area contributed by atoms with Crippen molar-refractivity contribution >= 4 is 5.91 Å². The van der Waals surface area contributed by atoms with E-state index in [0.29, 0.717) is 31.3 Å². The van der Waals surface area contributed by atoms with E-state index in [0.717, 1.165) is 18.5 Å². The molecular formula is C14H28N2O. The third-order valence-electron chi connectivity index (χ3n) is 2.80. The van der Waals surface area contributed by atoms with Crippen LogP contribution in [0.1, 0.15) is 40.5 Å². The molecule has 0 aromatic carbocycles. The lowest BCUT2D eigenvalue weighted by atomic mass is 9.93. The Hall–Kier alpha value is -0.830. The van der Waals surface area contributed by atoms with Crippen LogP contribution in [-0.4, -0.2) is 30.4 Å². The van der Waals surface area contributed by atoms with Crippen LogP contribution in [0.5, 0.6) is 0 Å². The van der Waals surface area contributed by atoms with Crippen molar-refractivity contribution in [1.29, 1.82) is 0 Å². The van der Waals surface area contributed by atoms with Crippen molar-refractivity contribution in [2.45, 2.75) is 40.5 Å². The summed E-state index contributed by atoms with van der Waals surface area (Å²) in [5.41, 5.74) is 6.75. The lowest BCUT2D eigenvalue weighted by Crippen LogP contribution is -2.34. The molecule has 0 saturated heterocycles. The molecule has 0 saturated carbocycles. The van der Waals surface area contributed by atoms with E-state index in [9.17, 15) is 4.79 Å². The van der Waals surface area contributed by atoms with Gasteiger partial charge in [0, 0.05) is 19.5 Å². The van der Waals surface area contributed by atoms with Gasteiger partial charge in [-0.05, 0) is 38.6 Å². The van der Waals surface area contributed by atoms with E-state index in [1.54, 1.807) is 0 Å². The van der Waals surface area contributed by atoms with Gasteiger partial charge in [-0.15, -0.1) is 0 Å². The van der Waals surface area contributed by atoms with Gasteiger partial charge in [-0.3, -0.25) is 4.79 Å². The third kappa shape index (κ3) is 7.16. The van der Waals surface area contributed by atoms with Crippen molar-refractivity contribution in [2.75, 3.05) is 19.6 Å². The van der Waals surface area contributed by atoms with E-state index in [2.05, 4.69) is 20.4 Å². The van der Waals surface area contributed by atoms with Crippen LogP contribution in [-0.2, 0) is 4.79 Å². The Morgan fingerprint density at radius 2 is 2.00 bits per heavy atom. The summed E-state index contributed by atoms with van der Waals surface area (Å²) in [7, 11) is 0. The minimum atomic E-state index is 0.201. The van der Waals surface area contributed by atoms with Crippen LogP contribution in [0.4, 0.5) is 0 Å². The quantitative estimate of drug-likeness (QED) is 0.662. The van der Waals surface area contributed by atoms with Crippen molar-refractivity contribution in [3.05, 3.63) is 12.2 Å². The Labute approximate surface area is 106 Å². The molecule has 0 bridgehead atoms.